The normalized spacial score (nSPS) is 20.9. The fourth-order valence-electron chi connectivity index (χ4n) is 2.60. The van der Waals surface area contributed by atoms with Crippen molar-refractivity contribution >= 4 is 12.6 Å². The molecule has 2 rings (SSSR count). The van der Waals surface area contributed by atoms with Gasteiger partial charge in [-0.1, -0.05) is 38.5 Å². The van der Waals surface area contributed by atoms with Gasteiger partial charge in [-0.15, -0.1) is 0 Å². The Balaban J connectivity index is 2.22. The van der Waals surface area contributed by atoms with Crippen LogP contribution >= 0.6 is 0 Å². The Bertz CT molecular complexity index is 483. The summed E-state index contributed by atoms with van der Waals surface area (Å²) in [6.45, 7) is 12.6. The van der Waals surface area contributed by atoms with Crippen LogP contribution in [-0.4, -0.2) is 24.4 Å². The highest BCUT2D eigenvalue weighted by molar-refractivity contribution is 6.63. The summed E-state index contributed by atoms with van der Waals surface area (Å²) < 4.78 is 18.6. The number of benzene rings is 1. The van der Waals surface area contributed by atoms with Gasteiger partial charge < -0.3 is 14.0 Å². The van der Waals surface area contributed by atoms with E-state index in [0.717, 1.165) is 30.5 Å². The number of ether oxygens (including phenoxy) is 1. The van der Waals surface area contributed by atoms with E-state index in [-0.39, 0.29) is 24.4 Å². The van der Waals surface area contributed by atoms with Crippen molar-refractivity contribution in [3.05, 3.63) is 24.3 Å². The van der Waals surface area contributed by atoms with Crippen molar-refractivity contribution in [1.29, 1.82) is 0 Å². The summed E-state index contributed by atoms with van der Waals surface area (Å²) in [6.07, 6.45) is 3.44. The van der Waals surface area contributed by atoms with E-state index in [2.05, 4.69) is 41.5 Å². The lowest BCUT2D eigenvalue weighted by atomic mass is 9.78. The highest BCUT2D eigenvalue weighted by Gasteiger charge is 2.52. The van der Waals surface area contributed by atoms with Crippen LogP contribution in [0.1, 0.15) is 60.8 Å². The maximum atomic E-state index is 6.22. The largest absolute Gasteiger partial charge is 0.498 e. The van der Waals surface area contributed by atoms with Crippen LogP contribution in [0, 0.1) is 0 Å². The van der Waals surface area contributed by atoms with Crippen LogP contribution in [0.2, 0.25) is 0 Å². The van der Waals surface area contributed by atoms with Crippen molar-refractivity contribution in [3.8, 4) is 5.75 Å². The highest BCUT2D eigenvalue weighted by Crippen LogP contribution is 2.37. The van der Waals surface area contributed by atoms with Gasteiger partial charge in [0, 0.05) is 5.46 Å². The van der Waals surface area contributed by atoms with E-state index in [4.69, 9.17) is 14.0 Å². The second-order valence-electron chi connectivity index (χ2n) is 7.06. The topological polar surface area (TPSA) is 27.7 Å². The molecule has 0 amide bonds. The van der Waals surface area contributed by atoms with E-state index in [1.165, 1.54) is 0 Å². The molecule has 4 heteroatoms. The molecule has 22 heavy (non-hydrogen) atoms. The van der Waals surface area contributed by atoms with E-state index < -0.39 is 0 Å². The Labute approximate surface area is 135 Å². The lowest BCUT2D eigenvalue weighted by molar-refractivity contribution is 0.00578. The molecule has 0 aliphatic carbocycles. The molecule has 0 bridgehead atoms. The average Bonchev–Trinajstić information content (AvgIpc) is 2.67. The maximum absolute atomic E-state index is 6.22. The zero-order valence-corrected chi connectivity index (χ0v) is 14.8. The van der Waals surface area contributed by atoms with Gasteiger partial charge in [-0.3, -0.25) is 0 Å². The molecule has 1 aliphatic heterocycles. The molecule has 0 spiro atoms. The summed E-state index contributed by atoms with van der Waals surface area (Å²) in [4.78, 5) is 0. The molecule has 0 N–H and O–H groups in total. The molecule has 122 valence electrons. The maximum Gasteiger partial charge on any atom is 0.498 e. The van der Waals surface area contributed by atoms with Crippen molar-refractivity contribution in [2.24, 2.45) is 0 Å². The molecule has 1 saturated heterocycles. The van der Waals surface area contributed by atoms with Gasteiger partial charge in [0.05, 0.1) is 17.3 Å². The molecule has 3 nitrogen and oxygen atoms in total. The van der Waals surface area contributed by atoms with Crippen LogP contribution in [0.15, 0.2) is 24.3 Å². The number of para-hydroxylation sites is 1. The van der Waals surface area contributed by atoms with Gasteiger partial charge >= 0.3 is 7.12 Å². The predicted octanol–water partition coefficient (Wildman–Crippen LogP) is 3.94. The Morgan fingerprint density at radius 3 is 2.18 bits per heavy atom. The fraction of sp³-hybridized carbons (Fsp3) is 0.667. The van der Waals surface area contributed by atoms with Crippen molar-refractivity contribution < 1.29 is 14.0 Å². The summed E-state index contributed by atoms with van der Waals surface area (Å²) in [5.41, 5.74) is 0.312. The Morgan fingerprint density at radius 1 is 1.05 bits per heavy atom. The highest BCUT2D eigenvalue weighted by atomic mass is 16.7. The first-order chi connectivity index (χ1) is 10.3. The van der Waals surface area contributed by atoms with Crippen LogP contribution < -0.4 is 10.2 Å². The molecule has 1 aromatic rings. The molecule has 1 atom stereocenters. The van der Waals surface area contributed by atoms with Gasteiger partial charge in [-0.05, 0) is 46.6 Å². The molecule has 1 unspecified atom stereocenters. The summed E-state index contributed by atoms with van der Waals surface area (Å²) in [5, 5.41) is 0. The molecule has 0 aromatic heterocycles. The quantitative estimate of drug-likeness (QED) is 0.745. The fourth-order valence-corrected chi connectivity index (χ4v) is 2.60. The van der Waals surface area contributed by atoms with E-state index >= 15 is 0 Å². The van der Waals surface area contributed by atoms with Gasteiger partial charge in [-0.2, -0.15) is 0 Å². The third-order valence-corrected chi connectivity index (χ3v) is 4.79. The average molecular weight is 304 g/mol. The van der Waals surface area contributed by atoms with Crippen LogP contribution in [0.3, 0.4) is 0 Å². The smallest absolute Gasteiger partial charge is 0.491 e. The van der Waals surface area contributed by atoms with Crippen molar-refractivity contribution in [2.75, 3.05) is 0 Å². The van der Waals surface area contributed by atoms with Crippen molar-refractivity contribution in [3.63, 3.8) is 0 Å². The second-order valence-corrected chi connectivity index (χ2v) is 7.06. The molecular weight excluding hydrogens is 275 g/mol. The van der Waals surface area contributed by atoms with Crippen molar-refractivity contribution in [1.82, 2.24) is 0 Å². The van der Waals surface area contributed by atoms with Gasteiger partial charge in [0.2, 0.25) is 0 Å². The SMILES string of the molecule is CCCC(CC)Oc1ccccc1B1OC(C)(C)C(C)(C)O1. The van der Waals surface area contributed by atoms with Gasteiger partial charge in [0.1, 0.15) is 5.75 Å². The standard InChI is InChI=1S/C18H29BO3/c1-7-11-14(8-2)20-16-13-10-9-12-15(16)19-21-17(3,4)18(5,6)22-19/h9-10,12-14H,7-8,11H2,1-6H3. The van der Waals surface area contributed by atoms with Gasteiger partial charge in [0.15, 0.2) is 0 Å². The van der Waals surface area contributed by atoms with Gasteiger partial charge in [0.25, 0.3) is 0 Å². The molecule has 0 radical (unpaired) electrons. The Hall–Kier alpha value is -0.995. The summed E-state index contributed by atoms with van der Waals surface area (Å²) >= 11 is 0. The Kier molecular flexibility index (Phi) is 5.23. The van der Waals surface area contributed by atoms with Crippen LogP contribution in [0.25, 0.3) is 0 Å². The zero-order valence-electron chi connectivity index (χ0n) is 14.8. The number of hydrogen-bond acceptors (Lipinski definition) is 3. The first-order valence-electron chi connectivity index (χ1n) is 8.42. The molecule has 1 aromatic carbocycles. The molecule has 1 fully saturated rings. The van der Waals surface area contributed by atoms with Crippen LogP contribution in [0.4, 0.5) is 0 Å². The van der Waals surface area contributed by atoms with Crippen molar-refractivity contribution in [2.45, 2.75) is 78.1 Å². The van der Waals surface area contributed by atoms with Crippen LogP contribution in [-0.2, 0) is 9.31 Å². The summed E-state index contributed by atoms with van der Waals surface area (Å²) in [6, 6.07) is 8.06. The second kappa shape index (κ2) is 6.63. The Morgan fingerprint density at radius 2 is 1.64 bits per heavy atom. The van der Waals surface area contributed by atoms with E-state index in [1.807, 2.05) is 24.3 Å². The first-order valence-corrected chi connectivity index (χ1v) is 8.42. The molecule has 0 saturated carbocycles. The third kappa shape index (κ3) is 3.49. The minimum absolute atomic E-state index is 0.244. The third-order valence-electron chi connectivity index (χ3n) is 4.79. The summed E-state index contributed by atoms with van der Waals surface area (Å²) in [7, 11) is -0.375. The monoisotopic (exact) mass is 304 g/mol. The minimum Gasteiger partial charge on any atom is -0.491 e. The lowest BCUT2D eigenvalue weighted by Gasteiger charge is -2.32. The first kappa shape index (κ1) is 17.4. The lowest BCUT2D eigenvalue weighted by Crippen LogP contribution is -2.41. The van der Waals surface area contributed by atoms with E-state index in [9.17, 15) is 0 Å². The molecular formula is C18H29BO3. The predicted molar refractivity (Wildman–Crippen MR) is 91.8 cm³/mol. The minimum atomic E-state index is -0.375. The zero-order chi connectivity index (χ0) is 16.4. The number of rotatable bonds is 6. The summed E-state index contributed by atoms with van der Waals surface area (Å²) in [5.74, 6) is 0.876. The van der Waals surface area contributed by atoms with Gasteiger partial charge in [-0.25, -0.2) is 0 Å². The van der Waals surface area contributed by atoms with Crippen LogP contribution in [0.5, 0.6) is 5.75 Å². The number of hydrogen-bond donors (Lipinski definition) is 0. The van der Waals surface area contributed by atoms with E-state index in [1.54, 1.807) is 0 Å². The molecule has 1 heterocycles. The van der Waals surface area contributed by atoms with E-state index in [0.29, 0.717) is 0 Å². The molecule has 1 aliphatic rings.